The van der Waals surface area contributed by atoms with Crippen LogP contribution in [0.1, 0.15) is 11.3 Å². The van der Waals surface area contributed by atoms with Crippen LogP contribution in [0.25, 0.3) is 0 Å². The molecule has 0 N–H and O–H groups in total. The summed E-state index contributed by atoms with van der Waals surface area (Å²) < 4.78 is 5.14. The van der Waals surface area contributed by atoms with Gasteiger partial charge in [0, 0.05) is 18.1 Å². The summed E-state index contributed by atoms with van der Waals surface area (Å²) in [6.07, 6.45) is 0.766. The van der Waals surface area contributed by atoms with Gasteiger partial charge in [0.2, 0.25) is 0 Å². The Morgan fingerprint density at radius 3 is 3.27 bits per heavy atom. The smallest absolute Gasteiger partial charge is 0.288 e. The molecule has 4 nitrogen and oxygen atoms in total. The second kappa shape index (κ2) is 2.47. The summed E-state index contributed by atoms with van der Waals surface area (Å²) in [5, 5.41) is 17.9. The predicted molar refractivity (Wildman–Crippen MR) is 35.5 cm³/mol. The fourth-order valence-corrected chi connectivity index (χ4v) is 1.12. The third kappa shape index (κ3) is 1.17. The second-order valence-corrected chi connectivity index (χ2v) is 2.46. The number of fused-ring (bicyclic) bond motifs is 1. The van der Waals surface area contributed by atoms with Crippen molar-refractivity contribution >= 4 is 0 Å². The van der Waals surface area contributed by atoms with E-state index in [-0.39, 0.29) is 5.88 Å². The highest BCUT2D eigenvalue weighted by Crippen LogP contribution is 2.16. The molecule has 1 aliphatic heterocycles. The summed E-state index contributed by atoms with van der Waals surface area (Å²) >= 11 is 0. The van der Waals surface area contributed by atoms with E-state index in [2.05, 4.69) is 10.2 Å². The van der Waals surface area contributed by atoms with Crippen LogP contribution in [-0.2, 0) is 22.9 Å². The molecule has 11 heavy (non-hydrogen) atoms. The largest absolute Gasteiger partial charge is 0.376 e. The minimum absolute atomic E-state index is 0.283. The molecule has 0 atom stereocenters. The molecule has 0 bridgehead atoms. The molecule has 1 aromatic rings. The monoisotopic (exact) mass is 151 g/mol. The van der Waals surface area contributed by atoms with E-state index in [0.29, 0.717) is 13.2 Å². The lowest BCUT2D eigenvalue weighted by Crippen LogP contribution is -2.12. The van der Waals surface area contributed by atoms with Crippen LogP contribution in [0.4, 0.5) is 0 Å². The molecule has 0 saturated carbocycles. The number of ether oxygens (including phenoxy) is 1. The van der Waals surface area contributed by atoms with Crippen molar-refractivity contribution in [2.45, 2.75) is 13.0 Å². The van der Waals surface area contributed by atoms with Crippen LogP contribution >= 0.6 is 0 Å². The second-order valence-electron chi connectivity index (χ2n) is 2.46. The van der Waals surface area contributed by atoms with Crippen molar-refractivity contribution in [3.63, 3.8) is 0 Å². The van der Waals surface area contributed by atoms with E-state index >= 15 is 0 Å². The maximum atomic E-state index is 10.7. The molecular weight excluding hydrogens is 144 g/mol. The lowest BCUT2D eigenvalue weighted by molar-refractivity contribution is 0.108. The van der Waals surface area contributed by atoms with E-state index in [1.54, 1.807) is 0 Å². The van der Waals surface area contributed by atoms with Gasteiger partial charge < -0.3 is 4.74 Å². The van der Waals surface area contributed by atoms with Crippen LogP contribution in [0.15, 0.2) is 6.07 Å². The minimum atomic E-state index is -0.283. The van der Waals surface area contributed by atoms with Crippen LogP contribution in [0.5, 0.6) is 5.88 Å². The normalized spacial score (nSPS) is 16.0. The molecule has 0 unspecified atom stereocenters. The van der Waals surface area contributed by atoms with Gasteiger partial charge in [-0.05, 0) is 0 Å². The van der Waals surface area contributed by atoms with Gasteiger partial charge in [-0.2, -0.15) is 5.10 Å². The lowest BCUT2D eigenvalue weighted by Gasteiger charge is -2.13. The molecule has 2 rings (SSSR count). The average molecular weight is 151 g/mol. The first-order valence-electron chi connectivity index (χ1n) is 3.46. The summed E-state index contributed by atoms with van der Waals surface area (Å²) in [7, 11) is 0. The molecule has 0 amide bonds. The minimum Gasteiger partial charge on any atom is -0.376 e. The van der Waals surface area contributed by atoms with Crippen molar-refractivity contribution in [3.8, 4) is 5.88 Å². The highest BCUT2D eigenvalue weighted by molar-refractivity contribution is 5.23. The van der Waals surface area contributed by atoms with E-state index in [9.17, 15) is 5.11 Å². The maximum absolute atomic E-state index is 10.7. The number of hydrogen-bond acceptors (Lipinski definition) is 3. The van der Waals surface area contributed by atoms with Crippen molar-refractivity contribution in [2.75, 3.05) is 6.61 Å². The van der Waals surface area contributed by atoms with Crippen molar-refractivity contribution in [2.24, 2.45) is 0 Å². The van der Waals surface area contributed by atoms with Gasteiger partial charge >= 0.3 is 0 Å². The first kappa shape index (κ1) is 6.54. The predicted octanol–water partition coefficient (Wildman–Crippen LogP) is 0.693. The third-order valence-corrected chi connectivity index (χ3v) is 1.68. The summed E-state index contributed by atoms with van der Waals surface area (Å²) in [6.45, 7) is 1.18. The Morgan fingerprint density at radius 2 is 2.36 bits per heavy atom. The zero-order valence-corrected chi connectivity index (χ0v) is 5.91. The fraction of sp³-hybridized carbons (Fsp3) is 0.429. The molecule has 1 aliphatic rings. The summed E-state index contributed by atoms with van der Waals surface area (Å²) in [5.74, 6) is -0.283. The van der Waals surface area contributed by atoms with Gasteiger partial charge in [-0.3, -0.25) is 5.11 Å². The molecule has 0 saturated heterocycles. The van der Waals surface area contributed by atoms with Gasteiger partial charge in [0.05, 0.1) is 18.9 Å². The van der Waals surface area contributed by atoms with Crippen LogP contribution < -0.4 is 0 Å². The Balaban J connectivity index is 2.43. The van der Waals surface area contributed by atoms with Crippen LogP contribution in [0.2, 0.25) is 0 Å². The number of nitrogens with zero attached hydrogens (tertiary/aromatic N) is 2. The Morgan fingerprint density at radius 1 is 1.45 bits per heavy atom. The van der Waals surface area contributed by atoms with Crippen LogP contribution in [0.3, 0.4) is 0 Å². The Hall–Kier alpha value is -1.16. The molecule has 4 heteroatoms. The summed E-state index contributed by atoms with van der Waals surface area (Å²) in [6, 6.07) is 1.49. The van der Waals surface area contributed by atoms with Gasteiger partial charge in [-0.15, -0.1) is 5.10 Å². The van der Waals surface area contributed by atoms with E-state index in [4.69, 9.17) is 4.74 Å². The Bertz CT molecular complexity index is 275. The maximum Gasteiger partial charge on any atom is 0.288 e. The third-order valence-electron chi connectivity index (χ3n) is 1.68. The van der Waals surface area contributed by atoms with E-state index in [0.717, 1.165) is 17.7 Å². The Kier molecular flexibility index (Phi) is 1.47. The highest BCUT2D eigenvalue weighted by atomic mass is 16.5. The number of aromatic nitrogens is 2. The van der Waals surface area contributed by atoms with E-state index < -0.39 is 0 Å². The lowest BCUT2D eigenvalue weighted by atomic mass is 10.1. The van der Waals surface area contributed by atoms with Crippen LogP contribution in [-0.4, -0.2) is 16.8 Å². The molecule has 0 aliphatic carbocycles. The standard InChI is InChI=1S/C7H7N2O2/c10-7-3-5-4-11-2-1-6(5)8-9-7/h3H,1-2,4H2. The van der Waals surface area contributed by atoms with Crippen LogP contribution in [0, 0.1) is 0 Å². The zero-order chi connectivity index (χ0) is 7.68. The van der Waals surface area contributed by atoms with Crippen molar-refractivity contribution < 1.29 is 9.84 Å². The number of hydrogen-bond donors (Lipinski definition) is 0. The van der Waals surface area contributed by atoms with Gasteiger partial charge in [0.25, 0.3) is 5.88 Å². The highest BCUT2D eigenvalue weighted by Gasteiger charge is 2.11. The fourth-order valence-electron chi connectivity index (χ4n) is 1.12. The van der Waals surface area contributed by atoms with Gasteiger partial charge in [0.15, 0.2) is 0 Å². The first-order valence-corrected chi connectivity index (χ1v) is 3.46. The molecule has 2 heterocycles. The first-order chi connectivity index (χ1) is 5.36. The van der Waals surface area contributed by atoms with Gasteiger partial charge in [-0.25, -0.2) is 0 Å². The average Bonchev–Trinajstić information content (AvgIpc) is 2.04. The molecule has 1 radical (unpaired) electrons. The molecule has 1 aromatic heterocycles. The molecule has 0 fully saturated rings. The molecule has 0 aromatic carbocycles. The summed E-state index contributed by atoms with van der Waals surface area (Å²) in [4.78, 5) is 0. The molecular formula is C7H7N2O2. The van der Waals surface area contributed by atoms with Crippen molar-refractivity contribution in [1.82, 2.24) is 10.2 Å². The molecule has 0 spiro atoms. The quantitative estimate of drug-likeness (QED) is 0.548. The van der Waals surface area contributed by atoms with E-state index in [1.165, 1.54) is 6.07 Å². The van der Waals surface area contributed by atoms with Gasteiger partial charge in [0.1, 0.15) is 0 Å². The molecule has 57 valence electrons. The zero-order valence-electron chi connectivity index (χ0n) is 5.91. The van der Waals surface area contributed by atoms with Crippen molar-refractivity contribution in [1.29, 1.82) is 0 Å². The van der Waals surface area contributed by atoms with Gasteiger partial charge in [-0.1, -0.05) is 0 Å². The van der Waals surface area contributed by atoms with E-state index in [1.807, 2.05) is 0 Å². The topological polar surface area (TPSA) is 54.9 Å². The summed E-state index contributed by atoms with van der Waals surface area (Å²) in [5.41, 5.74) is 1.78. The Labute approximate surface area is 63.8 Å². The SMILES string of the molecule is [O]c1cc2c(nn1)CCOC2. The number of rotatable bonds is 0. The van der Waals surface area contributed by atoms with Crippen molar-refractivity contribution in [3.05, 3.63) is 17.3 Å².